The van der Waals surface area contributed by atoms with Gasteiger partial charge in [0.1, 0.15) is 0 Å². The molecule has 1 aromatic carbocycles. The summed E-state index contributed by atoms with van der Waals surface area (Å²) < 4.78 is 0. The van der Waals surface area contributed by atoms with Crippen LogP contribution in [0.1, 0.15) is 26.3 Å². The minimum Gasteiger partial charge on any atom is -0.382 e. The van der Waals surface area contributed by atoms with Crippen LogP contribution in [0.3, 0.4) is 0 Å². The van der Waals surface area contributed by atoms with Gasteiger partial charge >= 0.3 is 0 Å². The molecule has 84 valence electrons. The van der Waals surface area contributed by atoms with E-state index in [4.69, 9.17) is 0 Å². The maximum absolute atomic E-state index is 3.50. The molecule has 0 aliphatic carbocycles. The van der Waals surface area contributed by atoms with Crippen molar-refractivity contribution in [2.24, 2.45) is 5.92 Å². The minimum absolute atomic E-state index is 0.524. The van der Waals surface area contributed by atoms with Crippen LogP contribution in [0.15, 0.2) is 24.3 Å². The molecule has 1 rings (SSSR count). The van der Waals surface area contributed by atoms with Crippen LogP contribution in [0.4, 0.5) is 5.69 Å². The van der Waals surface area contributed by atoms with Gasteiger partial charge in [0.25, 0.3) is 0 Å². The quantitative estimate of drug-likeness (QED) is 0.809. The minimum atomic E-state index is 0.524. The highest BCUT2D eigenvalue weighted by molar-refractivity contribution is 7.97. The second-order valence-corrected chi connectivity index (χ2v) is 5.17. The normalized spacial score (nSPS) is 12.9. The number of benzene rings is 1. The van der Waals surface area contributed by atoms with Crippen molar-refractivity contribution in [1.82, 2.24) is 0 Å². The first-order chi connectivity index (χ1) is 7.13. The summed E-state index contributed by atoms with van der Waals surface area (Å²) in [5.41, 5.74) is 2.62. The molecule has 0 fully saturated rings. The fraction of sp³-hybridized carbons (Fsp3) is 0.538. The molecule has 1 unspecified atom stereocenters. The molecule has 0 radical (unpaired) electrons. The zero-order valence-corrected chi connectivity index (χ0v) is 10.9. The molecule has 0 aliphatic rings. The first-order valence-electron chi connectivity index (χ1n) is 5.48. The van der Waals surface area contributed by atoms with E-state index >= 15 is 0 Å². The van der Waals surface area contributed by atoms with Crippen LogP contribution in [0, 0.1) is 5.92 Å². The Hall–Kier alpha value is -0.630. The van der Waals surface area contributed by atoms with Crippen LogP contribution in [-0.2, 0) is 5.75 Å². The topological polar surface area (TPSA) is 12.0 Å². The van der Waals surface area contributed by atoms with Crippen LogP contribution >= 0.6 is 11.8 Å². The Labute approximate surface area is 97.7 Å². The molecule has 0 saturated heterocycles. The second kappa shape index (κ2) is 6.06. The van der Waals surface area contributed by atoms with E-state index < -0.39 is 0 Å². The maximum Gasteiger partial charge on any atom is 0.0342 e. The van der Waals surface area contributed by atoms with E-state index in [1.54, 1.807) is 0 Å². The smallest absolute Gasteiger partial charge is 0.0342 e. The average molecular weight is 223 g/mol. The summed E-state index contributed by atoms with van der Waals surface area (Å²) in [5, 5.41) is 3.50. The molecule has 0 aliphatic heterocycles. The standard InChI is InChI=1S/C13H21NS/c1-10(2)11(3)14-13-7-5-12(6-8-13)9-15-4/h5-8,10-11,14H,9H2,1-4H3. The lowest BCUT2D eigenvalue weighted by molar-refractivity contribution is 0.560. The zero-order chi connectivity index (χ0) is 11.3. The summed E-state index contributed by atoms with van der Waals surface area (Å²) in [5.74, 6) is 1.76. The molecule has 0 aromatic heterocycles. The van der Waals surface area contributed by atoms with Crippen LogP contribution in [-0.4, -0.2) is 12.3 Å². The first-order valence-corrected chi connectivity index (χ1v) is 6.87. The molecule has 15 heavy (non-hydrogen) atoms. The van der Waals surface area contributed by atoms with E-state index in [-0.39, 0.29) is 0 Å². The van der Waals surface area contributed by atoms with Crippen LogP contribution in [0.5, 0.6) is 0 Å². The van der Waals surface area contributed by atoms with Gasteiger partial charge in [0, 0.05) is 17.5 Å². The average Bonchev–Trinajstić information content (AvgIpc) is 2.21. The van der Waals surface area contributed by atoms with Gasteiger partial charge in [-0.15, -0.1) is 0 Å². The molecular weight excluding hydrogens is 202 g/mol. The molecule has 0 saturated carbocycles. The van der Waals surface area contributed by atoms with Gasteiger partial charge in [-0.2, -0.15) is 11.8 Å². The zero-order valence-electron chi connectivity index (χ0n) is 10.1. The summed E-state index contributed by atoms with van der Waals surface area (Å²) >= 11 is 1.86. The Kier molecular flexibility index (Phi) is 5.03. The van der Waals surface area contributed by atoms with Crippen LogP contribution < -0.4 is 5.32 Å². The highest BCUT2D eigenvalue weighted by atomic mass is 32.2. The fourth-order valence-corrected chi connectivity index (χ4v) is 1.82. The van der Waals surface area contributed by atoms with Crippen molar-refractivity contribution in [3.63, 3.8) is 0 Å². The summed E-state index contributed by atoms with van der Waals surface area (Å²) in [6.07, 6.45) is 2.13. The first kappa shape index (κ1) is 12.4. The monoisotopic (exact) mass is 223 g/mol. The van der Waals surface area contributed by atoms with Crippen LogP contribution in [0.25, 0.3) is 0 Å². The van der Waals surface area contributed by atoms with Gasteiger partial charge in [0.2, 0.25) is 0 Å². The van der Waals surface area contributed by atoms with E-state index in [9.17, 15) is 0 Å². The van der Waals surface area contributed by atoms with Gasteiger partial charge in [0.05, 0.1) is 0 Å². The third-order valence-electron chi connectivity index (χ3n) is 2.66. The summed E-state index contributed by atoms with van der Waals surface area (Å²) in [7, 11) is 0. The molecule has 1 aromatic rings. The largest absolute Gasteiger partial charge is 0.382 e. The number of hydrogen-bond donors (Lipinski definition) is 1. The Morgan fingerprint density at radius 2 is 1.73 bits per heavy atom. The van der Waals surface area contributed by atoms with Crippen molar-refractivity contribution in [1.29, 1.82) is 0 Å². The SMILES string of the molecule is CSCc1ccc(NC(C)C(C)C)cc1. The lowest BCUT2D eigenvalue weighted by Crippen LogP contribution is -2.21. The van der Waals surface area contributed by atoms with Gasteiger partial charge < -0.3 is 5.32 Å². The summed E-state index contributed by atoms with van der Waals surface area (Å²) in [6.45, 7) is 6.69. The molecule has 1 nitrogen and oxygen atoms in total. The number of hydrogen-bond acceptors (Lipinski definition) is 2. The predicted octanol–water partition coefficient (Wildman–Crippen LogP) is 4.01. The molecule has 2 heteroatoms. The van der Waals surface area contributed by atoms with Gasteiger partial charge in [-0.3, -0.25) is 0 Å². The molecule has 0 amide bonds. The van der Waals surface area contributed by atoms with Crippen LogP contribution in [0.2, 0.25) is 0 Å². The highest BCUT2D eigenvalue weighted by Crippen LogP contribution is 2.16. The van der Waals surface area contributed by atoms with Gasteiger partial charge in [-0.05, 0) is 36.8 Å². The third-order valence-corrected chi connectivity index (χ3v) is 3.28. The number of rotatable bonds is 5. The molecule has 0 bridgehead atoms. The lowest BCUT2D eigenvalue weighted by Gasteiger charge is -2.18. The number of anilines is 1. The second-order valence-electron chi connectivity index (χ2n) is 4.31. The fourth-order valence-electron chi connectivity index (χ4n) is 1.29. The molecule has 0 heterocycles. The van der Waals surface area contributed by atoms with E-state index in [1.807, 2.05) is 11.8 Å². The Morgan fingerprint density at radius 1 is 1.13 bits per heavy atom. The van der Waals surface area contributed by atoms with E-state index in [2.05, 4.69) is 56.6 Å². The van der Waals surface area contributed by atoms with Gasteiger partial charge in [0.15, 0.2) is 0 Å². The molecule has 1 N–H and O–H groups in total. The Morgan fingerprint density at radius 3 is 2.20 bits per heavy atom. The number of nitrogens with one attached hydrogen (secondary N) is 1. The molecule has 0 spiro atoms. The van der Waals surface area contributed by atoms with Crippen molar-refractivity contribution in [3.8, 4) is 0 Å². The third kappa shape index (κ3) is 4.17. The lowest BCUT2D eigenvalue weighted by atomic mass is 10.1. The number of thioether (sulfide) groups is 1. The van der Waals surface area contributed by atoms with Crippen molar-refractivity contribution in [2.75, 3.05) is 11.6 Å². The van der Waals surface area contributed by atoms with Crippen molar-refractivity contribution in [3.05, 3.63) is 29.8 Å². The van der Waals surface area contributed by atoms with Crippen molar-refractivity contribution in [2.45, 2.75) is 32.6 Å². The molecular formula is C13H21NS. The summed E-state index contributed by atoms with van der Waals surface area (Å²) in [4.78, 5) is 0. The maximum atomic E-state index is 3.50. The highest BCUT2D eigenvalue weighted by Gasteiger charge is 2.05. The molecule has 1 atom stereocenters. The van der Waals surface area contributed by atoms with Gasteiger partial charge in [-0.1, -0.05) is 26.0 Å². The van der Waals surface area contributed by atoms with E-state index in [0.717, 1.165) is 5.75 Å². The Balaban J connectivity index is 2.56. The Bertz CT molecular complexity index is 279. The van der Waals surface area contributed by atoms with Gasteiger partial charge in [-0.25, -0.2) is 0 Å². The van der Waals surface area contributed by atoms with E-state index in [1.165, 1.54) is 11.3 Å². The van der Waals surface area contributed by atoms with E-state index in [0.29, 0.717) is 12.0 Å². The van der Waals surface area contributed by atoms with Crippen molar-refractivity contribution >= 4 is 17.4 Å². The predicted molar refractivity (Wildman–Crippen MR) is 71.6 cm³/mol. The van der Waals surface area contributed by atoms with Crippen molar-refractivity contribution < 1.29 is 0 Å². The summed E-state index contributed by atoms with van der Waals surface area (Å²) in [6, 6.07) is 9.27.